The molecule has 1 heterocycles. The van der Waals surface area contributed by atoms with Crippen molar-refractivity contribution in [1.82, 2.24) is 0 Å². The number of hydrogen-bond donors (Lipinski definition) is 3. The largest absolute Gasteiger partial charge is 0.393 e. The number of aliphatic hydroxyl groups excluding tert-OH is 1. The zero-order valence-corrected chi connectivity index (χ0v) is 11.4. The molecule has 0 amide bonds. The summed E-state index contributed by atoms with van der Waals surface area (Å²) >= 11 is 6.16. The lowest BCUT2D eigenvalue weighted by Crippen LogP contribution is -2.24. The lowest BCUT2D eigenvalue weighted by Gasteiger charge is -2.21. The van der Waals surface area contributed by atoms with Crippen LogP contribution in [0.2, 0.25) is 5.02 Å². The second-order valence-electron chi connectivity index (χ2n) is 5.55. The summed E-state index contributed by atoms with van der Waals surface area (Å²) in [5.41, 5.74) is 7.09. The van der Waals surface area contributed by atoms with Crippen LogP contribution in [0, 0.1) is 17.2 Å². The Labute approximate surface area is 117 Å². The van der Waals surface area contributed by atoms with Crippen LogP contribution in [0.4, 0.5) is 5.69 Å². The van der Waals surface area contributed by atoms with Crippen molar-refractivity contribution in [1.29, 1.82) is 5.41 Å². The van der Waals surface area contributed by atoms with Crippen LogP contribution in [-0.2, 0) is 0 Å². The van der Waals surface area contributed by atoms with E-state index in [1.54, 1.807) is 6.07 Å². The van der Waals surface area contributed by atoms with Gasteiger partial charge in [-0.15, -0.1) is 0 Å². The molecule has 0 radical (unpaired) electrons. The molecule has 1 aromatic carbocycles. The number of nitrogens with two attached hydrogens (primary N) is 1. The molecule has 1 saturated heterocycles. The molecule has 1 aromatic rings. The highest BCUT2D eigenvalue weighted by Gasteiger charge is 2.41. The number of halogens is 1. The van der Waals surface area contributed by atoms with E-state index in [1.165, 1.54) is 0 Å². The van der Waals surface area contributed by atoms with Gasteiger partial charge in [0.25, 0.3) is 0 Å². The molecular formula is C14H18ClN3O. The monoisotopic (exact) mass is 279 g/mol. The fourth-order valence-corrected chi connectivity index (χ4v) is 3.64. The van der Waals surface area contributed by atoms with Gasteiger partial charge in [0.1, 0.15) is 5.84 Å². The molecular weight excluding hydrogens is 262 g/mol. The van der Waals surface area contributed by atoms with E-state index in [4.69, 9.17) is 22.7 Å². The summed E-state index contributed by atoms with van der Waals surface area (Å²) in [5, 5.41) is 17.9. The summed E-state index contributed by atoms with van der Waals surface area (Å²) in [6.45, 7) is 1.87. The van der Waals surface area contributed by atoms with Gasteiger partial charge in [-0.3, -0.25) is 5.41 Å². The number of nitrogens with one attached hydrogen (secondary N) is 1. The topological polar surface area (TPSA) is 73.3 Å². The molecule has 0 bridgehead atoms. The molecule has 3 atom stereocenters. The zero-order chi connectivity index (χ0) is 13.6. The molecule has 3 rings (SSSR count). The molecule has 4 nitrogen and oxygen atoms in total. The summed E-state index contributed by atoms with van der Waals surface area (Å²) in [6, 6.07) is 5.62. The molecule has 1 saturated carbocycles. The van der Waals surface area contributed by atoms with Crippen molar-refractivity contribution >= 4 is 23.1 Å². The van der Waals surface area contributed by atoms with Crippen molar-refractivity contribution in [2.24, 2.45) is 17.6 Å². The van der Waals surface area contributed by atoms with E-state index in [1.807, 2.05) is 12.1 Å². The second kappa shape index (κ2) is 4.69. The molecule has 4 N–H and O–H groups in total. The highest BCUT2D eigenvalue weighted by molar-refractivity contribution is 6.34. The average Bonchev–Trinajstić information content (AvgIpc) is 2.91. The Morgan fingerprint density at radius 3 is 2.79 bits per heavy atom. The fourth-order valence-electron chi connectivity index (χ4n) is 3.37. The van der Waals surface area contributed by atoms with Crippen molar-refractivity contribution in [3.05, 3.63) is 28.8 Å². The molecule has 2 fully saturated rings. The van der Waals surface area contributed by atoms with E-state index in [9.17, 15) is 5.11 Å². The average molecular weight is 280 g/mol. The minimum atomic E-state index is -0.151. The molecule has 19 heavy (non-hydrogen) atoms. The van der Waals surface area contributed by atoms with Crippen LogP contribution in [0.1, 0.15) is 18.4 Å². The van der Waals surface area contributed by atoms with Gasteiger partial charge < -0.3 is 15.7 Å². The van der Waals surface area contributed by atoms with E-state index in [2.05, 4.69) is 4.90 Å². The summed E-state index contributed by atoms with van der Waals surface area (Å²) in [7, 11) is 0. The number of rotatable bonds is 2. The van der Waals surface area contributed by atoms with Gasteiger partial charge in [-0.25, -0.2) is 0 Å². The number of aliphatic hydroxyl groups is 1. The number of nitrogen functional groups attached to an aromatic ring is 1. The summed E-state index contributed by atoms with van der Waals surface area (Å²) in [4.78, 5) is 2.27. The van der Waals surface area contributed by atoms with Crippen LogP contribution in [0.15, 0.2) is 18.2 Å². The molecule has 3 unspecified atom stereocenters. The van der Waals surface area contributed by atoms with Gasteiger partial charge in [0.15, 0.2) is 0 Å². The minimum absolute atomic E-state index is 0.00902. The van der Waals surface area contributed by atoms with E-state index < -0.39 is 0 Å². The normalized spacial score (nSPS) is 29.6. The Morgan fingerprint density at radius 2 is 2.16 bits per heavy atom. The quantitative estimate of drug-likeness (QED) is 0.571. The standard InChI is InChI=1S/C14H18ClN3O/c15-12-5-9(2-3-10(12)14(16)17)18-6-8-1-4-13(19)11(8)7-18/h2-3,5,8,11,13,19H,1,4,6-7H2,(H3,16,17). The van der Waals surface area contributed by atoms with Crippen LogP contribution in [0.3, 0.4) is 0 Å². The highest BCUT2D eigenvalue weighted by Crippen LogP contribution is 2.40. The molecule has 2 aliphatic rings. The first-order valence-corrected chi connectivity index (χ1v) is 7.01. The van der Waals surface area contributed by atoms with Crippen molar-refractivity contribution in [2.75, 3.05) is 18.0 Å². The Bertz CT molecular complexity index is 519. The predicted molar refractivity (Wildman–Crippen MR) is 76.9 cm³/mol. The second-order valence-corrected chi connectivity index (χ2v) is 5.96. The maximum absolute atomic E-state index is 9.94. The van der Waals surface area contributed by atoms with E-state index in [-0.39, 0.29) is 11.9 Å². The van der Waals surface area contributed by atoms with Gasteiger partial charge in [-0.1, -0.05) is 11.6 Å². The number of amidine groups is 1. The predicted octanol–water partition coefficient (Wildman–Crippen LogP) is 1.83. The van der Waals surface area contributed by atoms with Crippen molar-refractivity contribution in [2.45, 2.75) is 18.9 Å². The zero-order valence-electron chi connectivity index (χ0n) is 10.6. The number of anilines is 1. The van der Waals surface area contributed by atoms with E-state index in [0.717, 1.165) is 31.6 Å². The first-order chi connectivity index (χ1) is 9.06. The lowest BCUT2D eigenvalue weighted by atomic mass is 10.00. The highest BCUT2D eigenvalue weighted by atomic mass is 35.5. The van der Waals surface area contributed by atoms with E-state index >= 15 is 0 Å². The van der Waals surface area contributed by atoms with Crippen LogP contribution in [0.5, 0.6) is 0 Å². The van der Waals surface area contributed by atoms with Crippen molar-refractivity contribution in [3.63, 3.8) is 0 Å². The molecule has 5 heteroatoms. The van der Waals surface area contributed by atoms with Crippen LogP contribution < -0.4 is 10.6 Å². The summed E-state index contributed by atoms with van der Waals surface area (Å²) in [5.74, 6) is 0.984. The van der Waals surface area contributed by atoms with Crippen LogP contribution in [0.25, 0.3) is 0 Å². The van der Waals surface area contributed by atoms with Gasteiger partial charge in [0.2, 0.25) is 0 Å². The third-order valence-electron chi connectivity index (χ3n) is 4.43. The van der Waals surface area contributed by atoms with Gasteiger partial charge in [0, 0.05) is 30.3 Å². The third kappa shape index (κ3) is 2.19. The van der Waals surface area contributed by atoms with Crippen molar-refractivity contribution < 1.29 is 5.11 Å². The first-order valence-electron chi connectivity index (χ1n) is 6.63. The van der Waals surface area contributed by atoms with Gasteiger partial charge in [-0.2, -0.15) is 0 Å². The lowest BCUT2D eigenvalue weighted by molar-refractivity contribution is 0.133. The fraction of sp³-hybridized carbons (Fsp3) is 0.500. The van der Waals surface area contributed by atoms with E-state index in [0.29, 0.717) is 22.4 Å². The number of fused-ring (bicyclic) bond motifs is 1. The Balaban J connectivity index is 1.81. The van der Waals surface area contributed by atoms with Crippen LogP contribution >= 0.6 is 11.6 Å². The number of hydrogen-bond acceptors (Lipinski definition) is 3. The minimum Gasteiger partial charge on any atom is -0.393 e. The maximum atomic E-state index is 9.94. The first kappa shape index (κ1) is 12.8. The van der Waals surface area contributed by atoms with Gasteiger partial charge >= 0.3 is 0 Å². The third-order valence-corrected chi connectivity index (χ3v) is 4.74. The molecule has 1 aliphatic heterocycles. The van der Waals surface area contributed by atoms with Gasteiger partial charge in [-0.05, 0) is 37.0 Å². The SMILES string of the molecule is N=C(N)c1ccc(N2CC3CCC(O)C3C2)cc1Cl. The molecule has 0 aromatic heterocycles. The Morgan fingerprint density at radius 1 is 1.37 bits per heavy atom. The number of benzene rings is 1. The Hall–Kier alpha value is -1.26. The molecule has 102 valence electrons. The van der Waals surface area contributed by atoms with Crippen molar-refractivity contribution in [3.8, 4) is 0 Å². The maximum Gasteiger partial charge on any atom is 0.124 e. The summed E-state index contributed by atoms with van der Waals surface area (Å²) in [6.07, 6.45) is 1.90. The number of nitrogens with zero attached hydrogens (tertiary/aromatic N) is 1. The molecule has 1 aliphatic carbocycles. The van der Waals surface area contributed by atoms with Gasteiger partial charge in [0.05, 0.1) is 11.1 Å². The smallest absolute Gasteiger partial charge is 0.124 e. The molecule has 0 spiro atoms. The Kier molecular flexibility index (Phi) is 3.15. The van der Waals surface area contributed by atoms with Crippen LogP contribution in [-0.4, -0.2) is 30.1 Å². The summed E-state index contributed by atoms with van der Waals surface area (Å²) < 4.78 is 0.